The number of anilines is 1. The van der Waals surface area contributed by atoms with E-state index >= 15 is 0 Å². The molecule has 0 unspecified atom stereocenters. The van der Waals surface area contributed by atoms with Crippen molar-refractivity contribution >= 4 is 11.6 Å². The summed E-state index contributed by atoms with van der Waals surface area (Å²) in [6.07, 6.45) is 0.784. The minimum absolute atomic E-state index is 0.177. The van der Waals surface area contributed by atoms with Crippen LogP contribution in [0.25, 0.3) is 0 Å². The van der Waals surface area contributed by atoms with Gasteiger partial charge in [0.1, 0.15) is 0 Å². The Bertz CT molecular complexity index is 888. The Morgan fingerprint density at radius 3 is 2.64 bits per heavy atom. The smallest absolute Gasteiger partial charge is 0.292 e. The van der Waals surface area contributed by atoms with Crippen molar-refractivity contribution in [2.24, 2.45) is 0 Å². The van der Waals surface area contributed by atoms with Gasteiger partial charge in [-0.1, -0.05) is 24.3 Å². The van der Waals surface area contributed by atoms with Gasteiger partial charge < -0.3 is 23.8 Å². The Morgan fingerprint density at radius 2 is 1.93 bits per heavy atom. The molecule has 1 amide bonds. The normalized spacial score (nSPS) is 17.7. The van der Waals surface area contributed by atoms with Gasteiger partial charge in [0.15, 0.2) is 11.5 Å². The zero-order valence-corrected chi connectivity index (χ0v) is 16.5. The highest BCUT2D eigenvalue weighted by Gasteiger charge is 2.55. The Hall–Kier alpha value is -2.57. The summed E-state index contributed by atoms with van der Waals surface area (Å²) in [5.41, 5.74) is 3.60. The Morgan fingerprint density at radius 1 is 1.14 bits per heavy atom. The van der Waals surface area contributed by atoms with Crippen molar-refractivity contribution in [1.82, 2.24) is 0 Å². The summed E-state index contributed by atoms with van der Waals surface area (Å²) in [4.78, 5) is 15.2. The van der Waals surface area contributed by atoms with Crippen LogP contribution in [0.15, 0.2) is 36.4 Å². The predicted molar refractivity (Wildman–Crippen MR) is 105 cm³/mol. The number of ether oxygens (including phenoxy) is 4. The summed E-state index contributed by atoms with van der Waals surface area (Å²) < 4.78 is 22.9. The highest BCUT2D eigenvalue weighted by atomic mass is 16.7. The summed E-state index contributed by atoms with van der Waals surface area (Å²) in [6.45, 7) is 5.89. The third-order valence-electron chi connectivity index (χ3n) is 5.16. The second-order valence-electron chi connectivity index (χ2n) is 6.95. The molecule has 1 spiro atoms. The van der Waals surface area contributed by atoms with Crippen molar-refractivity contribution in [3.8, 4) is 11.5 Å². The number of nitrogens with zero attached hydrogens (tertiary/aromatic N) is 1. The lowest BCUT2D eigenvalue weighted by Crippen LogP contribution is -2.47. The van der Waals surface area contributed by atoms with E-state index in [1.165, 1.54) is 0 Å². The molecule has 0 N–H and O–H groups in total. The fraction of sp³-hybridized carbons (Fsp3) is 0.409. The Kier molecular flexibility index (Phi) is 5.00. The van der Waals surface area contributed by atoms with Crippen molar-refractivity contribution in [3.05, 3.63) is 53.1 Å². The first kappa shape index (κ1) is 18.8. The zero-order valence-electron chi connectivity index (χ0n) is 16.5. The maximum absolute atomic E-state index is 13.4. The molecule has 0 atom stereocenters. The SMILES string of the molecule is CCOc1ccc(CN2C(=O)C3(OCCCO3)c3cccc(C)c32)cc1OC. The number of amides is 1. The van der Waals surface area contributed by atoms with Crippen LogP contribution in [0, 0.1) is 6.92 Å². The lowest BCUT2D eigenvalue weighted by atomic mass is 10.0. The summed E-state index contributed by atoms with van der Waals surface area (Å²) in [7, 11) is 1.61. The summed E-state index contributed by atoms with van der Waals surface area (Å²) in [5.74, 6) is -0.164. The van der Waals surface area contributed by atoms with Crippen molar-refractivity contribution < 1.29 is 23.7 Å². The highest BCUT2D eigenvalue weighted by Crippen LogP contribution is 2.47. The van der Waals surface area contributed by atoms with E-state index in [0.717, 1.165) is 28.8 Å². The second kappa shape index (κ2) is 7.45. The van der Waals surface area contributed by atoms with Crippen LogP contribution < -0.4 is 14.4 Å². The van der Waals surface area contributed by atoms with E-state index in [0.29, 0.717) is 37.9 Å². The molecule has 1 fully saturated rings. The van der Waals surface area contributed by atoms with Crippen molar-refractivity contribution in [2.75, 3.05) is 31.8 Å². The van der Waals surface area contributed by atoms with Gasteiger partial charge >= 0.3 is 0 Å². The molecule has 0 aliphatic carbocycles. The molecule has 6 heteroatoms. The molecule has 2 aliphatic heterocycles. The molecular weight excluding hydrogens is 358 g/mol. The lowest BCUT2D eigenvalue weighted by molar-refractivity contribution is -0.256. The molecule has 2 aromatic carbocycles. The summed E-state index contributed by atoms with van der Waals surface area (Å²) in [6, 6.07) is 11.6. The number of aryl methyl sites for hydroxylation is 1. The minimum atomic E-state index is -1.32. The number of hydrogen-bond acceptors (Lipinski definition) is 5. The van der Waals surface area contributed by atoms with Crippen LogP contribution in [0.1, 0.15) is 30.0 Å². The van der Waals surface area contributed by atoms with Gasteiger partial charge in [-0.2, -0.15) is 0 Å². The first-order valence-electron chi connectivity index (χ1n) is 9.60. The molecule has 6 nitrogen and oxygen atoms in total. The molecule has 28 heavy (non-hydrogen) atoms. The van der Waals surface area contributed by atoms with E-state index in [1.54, 1.807) is 12.0 Å². The molecule has 0 bridgehead atoms. The van der Waals surface area contributed by atoms with Crippen molar-refractivity contribution in [3.63, 3.8) is 0 Å². The molecule has 2 heterocycles. The van der Waals surface area contributed by atoms with Crippen molar-refractivity contribution in [1.29, 1.82) is 0 Å². The average molecular weight is 383 g/mol. The van der Waals surface area contributed by atoms with Gasteiger partial charge in [-0.3, -0.25) is 4.79 Å². The maximum Gasteiger partial charge on any atom is 0.292 e. The van der Waals surface area contributed by atoms with Crippen LogP contribution in [0.3, 0.4) is 0 Å². The highest BCUT2D eigenvalue weighted by molar-refractivity contribution is 6.06. The Balaban J connectivity index is 1.72. The van der Waals surface area contributed by atoms with E-state index < -0.39 is 5.79 Å². The number of fused-ring (bicyclic) bond motifs is 2. The number of methoxy groups -OCH3 is 1. The topological polar surface area (TPSA) is 57.2 Å². The van der Waals surface area contributed by atoms with Gasteiger partial charge in [-0.05, 0) is 43.5 Å². The van der Waals surface area contributed by atoms with Crippen molar-refractivity contribution in [2.45, 2.75) is 32.6 Å². The molecule has 0 saturated carbocycles. The number of rotatable bonds is 5. The molecule has 2 aromatic rings. The Labute approximate surface area is 165 Å². The van der Waals surface area contributed by atoms with Crippen LogP contribution in [-0.4, -0.2) is 32.8 Å². The molecular formula is C22H25NO5. The number of carbonyl (C=O) groups is 1. The second-order valence-corrected chi connectivity index (χ2v) is 6.95. The molecule has 4 rings (SSSR count). The summed E-state index contributed by atoms with van der Waals surface area (Å²) in [5, 5.41) is 0. The molecule has 148 valence electrons. The fourth-order valence-electron chi connectivity index (χ4n) is 3.91. The lowest BCUT2D eigenvalue weighted by Gasteiger charge is -2.32. The van der Waals surface area contributed by atoms with Gasteiger partial charge in [0.2, 0.25) is 0 Å². The monoisotopic (exact) mass is 383 g/mol. The quantitative estimate of drug-likeness (QED) is 0.790. The van der Waals surface area contributed by atoms with Gasteiger partial charge in [-0.15, -0.1) is 0 Å². The molecule has 0 radical (unpaired) electrons. The number of hydrogen-bond donors (Lipinski definition) is 0. The molecule has 1 saturated heterocycles. The van der Waals surface area contributed by atoms with Crippen LogP contribution in [0.4, 0.5) is 5.69 Å². The van der Waals surface area contributed by atoms with Gasteiger partial charge in [-0.25, -0.2) is 0 Å². The largest absolute Gasteiger partial charge is 0.493 e. The van der Waals surface area contributed by atoms with E-state index in [1.807, 2.05) is 50.2 Å². The molecule has 0 aromatic heterocycles. The number of benzene rings is 2. The first-order valence-corrected chi connectivity index (χ1v) is 9.60. The van der Waals surface area contributed by atoms with Gasteiger partial charge in [0.05, 0.1) is 39.2 Å². The van der Waals surface area contributed by atoms with Gasteiger partial charge in [0, 0.05) is 5.56 Å². The minimum Gasteiger partial charge on any atom is -0.493 e. The van der Waals surface area contributed by atoms with Crippen LogP contribution in [-0.2, 0) is 26.6 Å². The third-order valence-corrected chi connectivity index (χ3v) is 5.16. The average Bonchev–Trinajstić information content (AvgIpc) is 2.93. The third kappa shape index (κ3) is 2.93. The standard InChI is InChI=1S/C22H25NO5/c1-4-26-18-10-9-16(13-19(18)25-3)14-23-20-15(2)7-5-8-17(20)22(21(23)24)27-11-6-12-28-22/h5,7-10,13H,4,6,11-12,14H2,1-3H3. The van der Waals surface area contributed by atoms with Crippen LogP contribution in [0.2, 0.25) is 0 Å². The van der Waals surface area contributed by atoms with Crippen LogP contribution in [0.5, 0.6) is 11.5 Å². The predicted octanol–water partition coefficient (Wildman–Crippen LogP) is 3.54. The van der Waals surface area contributed by atoms with Gasteiger partial charge in [0.25, 0.3) is 11.7 Å². The van der Waals surface area contributed by atoms with Crippen LogP contribution >= 0.6 is 0 Å². The summed E-state index contributed by atoms with van der Waals surface area (Å²) >= 11 is 0. The number of para-hydroxylation sites is 1. The maximum atomic E-state index is 13.4. The van der Waals surface area contributed by atoms with E-state index in [2.05, 4.69) is 0 Å². The van der Waals surface area contributed by atoms with E-state index in [4.69, 9.17) is 18.9 Å². The molecule has 2 aliphatic rings. The fourth-order valence-corrected chi connectivity index (χ4v) is 3.91. The first-order chi connectivity index (χ1) is 13.6. The van der Waals surface area contributed by atoms with E-state index in [-0.39, 0.29) is 5.91 Å². The number of carbonyl (C=O) groups excluding carboxylic acids is 1. The van der Waals surface area contributed by atoms with E-state index in [9.17, 15) is 4.79 Å². The zero-order chi connectivity index (χ0) is 19.7.